The van der Waals surface area contributed by atoms with Crippen LogP contribution < -0.4 is 5.32 Å². The molecule has 2 aromatic carbocycles. The Labute approximate surface area is 170 Å². The van der Waals surface area contributed by atoms with Crippen molar-refractivity contribution in [3.8, 4) is 11.4 Å². The average molecular weight is 408 g/mol. The minimum atomic E-state index is -0.355. The predicted octanol–water partition coefficient (Wildman–Crippen LogP) is 3.15. The van der Waals surface area contributed by atoms with Crippen LogP contribution in [0, 0.1) is 12.7 Å². The van der Waals surface area contributed by atoms with E-state index < -0.39 is 0 Å². The molecule has 0 saturated heterocycles. The number of nitrogens with zero attached hydrogens (tertiary/aromatic N) is 5. The zero-order chi connectivity index (χ0) is 20.2. The highest BCUT2D eigenvalue weighted by Crippen LogP contribution is 2.23. The van der Waals surface area contributed by atoms with Gasteiger partial charge in [0, 0.05) is 17.1 Å². The van der Waals surface area contributed by atoms with Crippen molar-refractivity contribution in [3.63, 3.8) is 0 Å². The number of hydrogen-bond acceptors (Lipinski definition) is 6. The zero-order valence-corrected chi connectivity index (χ0v) is 16.3. The summed E-state index contributed by atoms with van der Waals surface area (Å²) in [5.74, 6) is -0.233. The molecule has 0 spiro atoms. The molecule has 0 bridgehead atoms. The summed E-state index contributed by atoms with van der Waals surface area (Å²) >= 11 is 1.47. The quantitative estimate of drug-likeness (QED) is 0.530. The number of tetrazole rings is 1. The molecule has 0 aliphatic rings. The van der Waals surface area contributed by atoms with Crippen molar-refractivity contribution in [3.05, 3.63) is 82.1 Å². The first-order chi connectivity index (χ1) is 14.1. The van der Waals surface area contributed by atoms with Gasteiger partial charge < -0.3 is 5.32 Å². The molecule has 9 heteroatoms. The summed E-state index contributed by atoms with van der Waals surface area (Å²) in [5.41, 5.74) is 2.07. The van der Waals surface area contributed by atoms with Gasteiger partial charge >= 0.3 is 0 Å². The van der Waals surface area contributed by atoms with Crippen molar-refractivity contribution in [2.75, 3.05) is 0 Å². The molecule has 4 aromatic rings. The largest absolute Gasteiger partial charge is 0.341 e. The van der Waals surface area contributed by atoms with Gasteiger partial charge in [0.1, 0.15) is 23.4 Å². The first kappa shape index (κ1) is 18.9. The first-order valence-corrected chi connectivity index (χ1v) is 9.76. The van der Waals surface area contributed by atoms with Gasteiger partial charge in [0.25, 0.3) is 0 Å². The third-order valence-corrected chi connectivity index (χ3v) is 5.13. The van der Waals surface area contributed by atoms with Crippen molar-refractivity contribution in [1.82, 2.24) is 30.5 Å². The number of carbonyl (C=O) groups excluding carboxylic acids is 1. The summed E-state index contributed by atoms with van der Waals surface area (Å²) in [6, 6.07) is 13.9. The molecule has 7 nitrogen and oxygen atoms in total. The van der Waals surface area contributed by atoms with E-state index in [0.29, 0.717) is 17.0 Å². The summed E-state index contributed by atoms with van der Waals surface area (Å²) < 4.78 is 13.5. The van der Waals surface area contributed by atoms with E-state index in [4.69, 9.17) is 0 Å². The van der Waals surface area contributed by atoms with Crippen LogP contribution in [-0.4, -0.2) is 31.1 Å². The molecule has 0 aliphatic carbocycles. The van der Waals surface area contributed by atoms with Gasteiger partial charge in [-0.25, -0.2) is 9.37 Å². The Balaban J connectivity index is 1.49. The average Bonchev–Trinajstić information content (AvgIpc) is 3.41. The molecular weight excluding hydrogens is 391 g/mol. The van der Waals surface area contributed by atoms with E-state index in [9.17, 15) is 9.18 Å². The van der Waals surface area contributed by atoms with Crippen LogP contribution >= 0.6 is 11.3 Å². The third-order valence-electron chi connectivity index (χ3n) is 4.29. The van der Waals surface area contributed by atoms with E-state index in [1.165, 1.54) is 22.2 Å². The Hall–Kier alpha value is -3.46. The van der Waals surface area contributed by atoms with Gasteiger partial charge in [0.15, 0.2) is 0 Å². The minimum absolute atomic E-state index is 0.0954. The van der Waals surface area contributed by atoms with Gasteiger partial charge in [-0.15, -0.1) is 21.5 Å². The maximum Gasteiger partial charge on any atom is 0.244 e. The summed E-state index contributed by atoms with van der Waals surface area (Å²) in [6.45, 7) is 1.57. The number of thiazole rings is 1. The van der Waals surface area contributed by atoms with E-state index >= 15 is 0 Å². The molecule has 1 atom stereocenters. The summed E-state index contributed by atoms with van der Waals surface area (Å²) in [6.07, 6.45) is 1.71. The number of benzene rings is 2. The molecule has 29 heavy (non-hydrogen) atoms. The zero-order valence-electron chi connectivity index (χ0n) is 15.5. The number of halogens is 1. The van der Waals surface area contributed by atoms with E-state index in [1.807, 2.05) is 35.7 Å². The highest BCUT2D eigenvalue weighted by Gasteiger charge is 2.20. The predicted molar refractivity (Wildman–Crippen MR) is 106 cm³/mol. The van der Waals surface area contributed by atoms with Crippen LogP contribution in [0.2, 0.25) is 0 Å². The first-order valence-electron chi connectivity index (χ1n) is 8.88. The molecule has 1 unspecified atom stereocenters. The molecule has 1 N–H and O–H groups in total. The van der Waals surface area contributed by atoms with E-state index in [2.05, 4.69) is 25.7 Å². The molecule has 0 saturated carbocycles. The fraction of sp³-hybridized carbons (Fsp3) is 0.150. The van der Waals surface area contributed by atoms with Crippen LogP contribution in [0.5, 0.6) is 0 Å². The summed E-state index contributed by atoms with van der Waals surface area (Å²) in [7, 11) is 0. The van der Waals surface area contributed by atoms with Crippen molar-refractivity contribution >= 4 is 17.2 Å². The number of aryl methyl sites for hydroxylation is 1. The van der Waals surface area contributed by atoms with Gasteiger partial charge in [0.05, 0.1) is 0 Å². The maximum atomic E-state index is 13.5. The number of amides is 1. The molecule has 1 amide bonds. The molecule has 0 radical (unpaired) electrons. The lowest BCUT2D eigenvalue weighted by Crippen LogP contribution is -2.32. The second kappa shape index (κ2) is 8.27. The molecule has 4 rings (SSSR count). The molecule has 0 aliphatic heterocycles. The third kappa shape index (κ3) is 4.35. The highest BCUT2D eigenvalue weighted by molar-refractivity contribution is 7.09. The van der Waals surface area contributed by atoms with Crippen molar-refractivity contribution in [1.29, 1.82) is 0 Å². The molecule has 2 aromatic heterocycles. The van der Waals surface area contributed by atoms with Crippen LogP contribution in [0.3, 0.4) is 0 Å². The molecule has 146 valence electrons. The monoisotopic (exact) mass is 408 g/mol. The van der Waals surface area contributed by atoms with Crippen LogP contribution in [0.1, 0.15) is 22.2 Å². The topological polar surface area (TPSA) is 85.6 Å². The number of hydrogen-bond donors (Lipinski definition) is 1. The number of aromatic nitrogens is 5. The van der Waals surface area contributed by atoms with Gasteiger partial charge in [-0.1, -0.05) is 30.3 Å². The Morgan fingerprint density at radius 2 is 2.07 bits per heavy atom. The maximum absolute atomic E-state index is 13.5. The Bertz CT molecular complexity index is 1110. The van der Waals surface area contributed by atoms with Crippen molar-refractivity contribution in [2.45, 2.75) is 19.5 Å². The second-order valence-corrected chi connectivity index (χ2v) is 7.32. The molecule has 0 fully saturated rings. The lowest BCUT2D eigenvalue weighted by molar-refractivity contribution is -0.122. The normalized spacial score (nSPS) is 11.9. The van der Waals surface area contributed by atoms with Crippen LogP contribution in [0.15, 0.2) is 60.1 Å². The summed E-state index contributed by atoms with van der Waals surface area (Å²) in [4.78, 5) is 18.2. The SMILES string of the molecule is Cc1cc(-c2nnn(CC(=O)NC(c3ccccc3)c3nccs3)n2)ccc1F. The van der Waals surface area contributed by atoms with E-state index in [0.717, 1.165) is 10.6 Å². The summed E-state index contributed by atoms with van der Waals surface area (Å²) in [5, 5.41) is 17.8. The molecule has 2 heterocycles. The van der Waals surface area contributed by atoms with Gasteiger partial charge in [-0.2, -0.15) is 4.80 Å². The van der Waals surface area contributed by atoms with E-state index in [1.54, 1.807) is 25.3 Å². The van der Waals surface area contributed by atoms with Gasteiger partial charge in [-0.3, -0.25) is 4.79 Å². The molecular formula is C20H17FN6OS. The number of carbonyl (C=O) groups is 1. The van der Waals surface area contributed by atoms with Crippen LogP contribution in [0.25, 0.3) is 11.4 Å². The second-order valence-electron chi connectivity index (χ2n) is 6.39. The van der Waals surface area contributed by atoms with E-state index in [-0.39, 0.29) is 24.3 Å². The van der Waals surface area contributed by atoms with Crippen LogP contribution in [0.4, 0.5) is 4.39 Å². The Morgan fingerprint density at radius 3 is 2.79 bits per heavy atom. The lowest BCUT2D eigenvalue weighted by atomic mass is 10.1. The van der Waals surface area contributed by atoms with Gasteiger partial charge in [0.2, 0.25) is 11.7 Å². The smallest absolute Gasteiger partial charge is 0.244 e. The standard InChI is InChI=1S/C20H17FN6OS/c1-13-11-15(7-8-16(13)21)19-24-26-27(25-19)12-17(28)23-18(20-22-9-10-29-20)14-5-3-2-4-6-14/h2-11,18H,12H2,1H3,(H,23,28). The number of rotatable bonds is 6. The van der Waals surface area contributed by atoms with Crippen molar-refractivity contribution < 1.29 is 9.18 Å². The Morgan fingerprint density at radius 1 is 1.24 bits per heavy atom. The fourth-order valence-corrected chi connectivity index (χ4v) is 3.57. The van der Waals surface area contributed by atoms with Crippen molar-refractivity contribution in [2.24, 2.45) is 0 Å². The lowest BCUT2D eigenvalue weighted by Gasteiger charge is -2.16. The highest BCUT2D eigenvalue weighted by atomic mass is 32.1. The Kier molecular flexibility index (Phi) is 5.39. The van der Waals surface area contributed by atoms with Gasteiger partial charge in [-0.05, 0) is 41.5 Å². The number of nitrogens with one attached hydrogen (secondary N) is 1. The van der Waals surface area contributed by atoms with Crippen LogP contribution in [-0.2, 0) is 11.3 Å². The minimum Gasteiger partial charge on any atom is -0.341 e. The fourth-order valence-electron chi connectivity index (χ4n) is 2.85.